The van der Waals surface area contributed by atoms with Gasteiger partial charge in [-0.15, -0.1) is 0 Å². The molecular formula is C16H19N3O2S. The lowest BCUT2D eigenvalue weighted by Gasteiger charge is -2.31. The van der Waals surface area contributed by atoms with E-state index in [1.54, 1.807) is 34.8 Å². The molecule has 0 amide bonds. The second kappa shape index (κ2) is 6.14. The molecule has 0 unspecified atom stereocenters. The first-order valence-corrected chi connectivity index (χ1v) is 8.86. The highest BCUT2D eigenvalue weighted by Crippen LogP contribution is 2.29. The number of aryl methyl sites for hydroxylation is 1. The van der Waals surface area contributed by atoms with Crippen LogP contribution in [0.4, 0.5) is 0 Å². The minimum absolute atomic E-state index is 0.133. The van der Waals surface area contributed by atoms with E-state index in [0.717, 1.165) is 24.4 Å². The Morgan fingerprint density at radius 3 is 2.68 bits per heavy atom. The Morgan fingerprint density at radius 2 is 1.95 bits per heavy atom. The number of aromatic nitrogens is 2. The molecule has 1 aromatic heterocycles. The van der Waals surface area contributed by atoms with Crippen molar-refractivity contribution in [2.24, 2.45) is 0 Å². The third-order valence-corrected chi connectivity index (χ3v) is 5.86. The second-order valence-corrected chi connectivity index (χ2v) is 7.48. The average molecular weight is 317 g/mol. The summed E-state index contributed by atoms with van der Waals surface area (Å²) in [6.45, 7) is 2.90. The van der Waals surface area contributed by atoms with Crippen LogP contribution in [0, 0.1) is 6.92 Å². The summed E-state index contributed by atoms with van der Waals surface area (Å²) < 4.78 is 27.0. The molecule has 1 fully saturated rings. The highest BCUT2D eigenvalue weighted by molar-refractivity contribution is 7.89. The molecule has 22 heavy (non-hydrogen) atoms. The van der Waals surface area contributed by atoms with Crippen molar-refractivity contribution >= 4 is 10.0 Å². The molecule has 1 atom stereocenters. The van der Waals surface area contributed by atoms with Crippen LogP contribution in [0.5, 0.6) is 0 Å². The van der Waals surface area contributed by atoms with Crippen LogP contribution >= 0.6 is 0 Å². The number of rotatable bonds is 3. The lowest BCUT2D eigenvalue weighted by Crippen LogP contribution is -2.39. The van der Waals surface area contributed by atoms with E-state index in [9.17, 15) is 8.42 Å². The fourth-order valence-corrected chi connectivity index (χ4v) is 4.39. The van der Waals surface area contributed by atoms with Crippen molar-refractivity contribution in [1.29, 1.82) is 0 Å². The first-order valence-electron chi connectivity index (χ1n) is 7.42. The largest absolute Gasteiger partial charge is 0.243 e. The van der Waals surface area contributed by atoms with E-state index in [1.807, 2.05) is 19.1 Å². The molecule has 1 aromatic carbocycles. The Hall–Kier alpha value is -1.79. The highest BCUT2D eigenvalue weighted by Gasteiger charge is 2.31. The molecule has 116 valence electrons. The van der Waals surface area contributed by atoms with E-state index in [0.29, 0.717) is 18.0 Å². The first-order chi connectivity index (χ1) is 10.6. The Bertz CT molecular complexity index is 747. The van der Waals surface area contributed by atoms with E-state index in [1.165, 1.54) is 0 Å². The second-order valence-electron chi connectivity index (χ2n) is 5.54. The third kappa shape index (κ3) is 3.03. The standard InChI is InChI=1S/C16H19N3O2S/c1-13-17-10-9-16(18-13)14-6-5-11-19(12-14)22(20,21)15-7-3-2-4-8-15/h2-4,7-10,14H,5-6,11-12H2,1H3/t14-/m1/s1. The van der Waals surface area contributed by atoms with Gasteiger partial charge in [0, 0.05) is 30.9 Å². The molecule has 0 aliphatic carbocycles. The van der Waals surface area contributed by atoms with Crippen LogP contribution in [0.15, 0.2) is 47.5 Å². The maximum absolute atomic E-state index is 12.7. The minimum Gasteiger partial charge on any atom is -0.242 e. The molecule has 1 aliphatic rings. The lowest BCUT2D eigenvalue weighted by atomic mass is 9.96. The average Bonchev–Trinajstić information content (AvgIpc) is 2.56. The van der Waals surface area contributed by atoms with Crippen molar-refractivity contribution in [3.8, 4) is 0 Å². The van der Waals surface area contributed by atoms with E-state index in [-0.39, 0.29) is 5.92 Å². The first kappa shape index (κ1) is 15.1. The predicted octanol–water partition coefficient (Wildman–Crippen LogP) is 2.35. The molecule has 2 aromatic rings. The quantitative estimate of drug-likeness (QED) is 0.872. The van der Waals surface area contributed by atoms with Gasteiger partial charge < -0.3 is 0 Å². The molecule has 1 aliphatic heterocycles. The normalized spacial score (nSPS) is 20.0. The summed E-state index contributed by atoms with van der Waals surface area (Å²) in [5.41, 5.74) is 0.931. The van der Waals surface area contributed by atoms with Crippen molar-refractivity contribution in [2.45, 2.75) is 30.6 Å². The Morgan fingerprint density at radius 1 is 1.18 bits per heavy atom. The van der Waals surface area contributed by atoms with Crippen LogP contribution in [0.1, 0.15) is 30.3 Å². The van der Waals surface area contributed by atoms with Crippen LogP contribution in [0.2, 0.25) is 0 Å². The van der Waals surface area contributed by atoms with Crippen molar-refractivity contribution in [2.75, 3.05) is 13.1 Å². The molecule has 0 spiro atoms. The molecular weight excluding hydrogens is 298 g/mol. The predicted molar refractivity (Wildman–Crippen MR) is 83.9 cm³/mol. The van der Waals surface area contributed by atoms with Crippen LogP contribution < -0.4 is 0 Å². The Balaban J connectivity index is 1.84. The summed E-state index contributed by atoms with van der Waals surface area (Å²) in [7, 11) is -3.42. The number of nitrogens with zero attached hydrogens (tertiary/aromatic N) is 3. The summed E-state index contributed by atoms with van der Waals surface area (Å²) in [4.78, 5) is 8.92. The molecule has 3 rings (SSSR count). The van der Waals surface area contributed by atoms with Gasteiger partial charge in [-0.3, -0.25) is 0 Å². The SMILES string of the molecule is Cc1nccc([C@@H]2CCCN(S(=O)(=O)c3ccccc3)C2)n1. The summed E-state index contributed by atoms with van der Waals surface area (Å²) in [6.07, 6.45) is 3.54. The molecule has 0 bridgehead atoms. The zero-order valence-corrected chi connectivity index (χ0v) is 13.3. The van der Waals surface area contributed by atoms with E-state index in [4.69, 9.17) is 0 Å². The van der Waals surface area contributed by atoms with Crippen LogP contribution in [-0.4, -0.2) is 35.8 Å². The number of hydrogen-bond donors (Lipinski definition) is 0. The number of piperidine rings is 1. The maximum Gasteiger partial charge on any atom is 0.243 e. The molecule has 1 saturated heterocycles. The van der Waals surface area contributed by atoms with Crippen molar-refractivity contribution in [3.63, 3.8) is 0 Å². The maximum atomic E-state index is 12.7. The van der Waals surface area contributed by atoms with Crippen molar-refractivity contribution in [1.82, 2.24) is 14.3 Å². The fraction of sp³-hybridized carbons (Fsp3) is 0.375. The van der Waals surface area contributed by atoms with Gasteiger partial charge in [0.05, 0.1) is 4.90 Å². The van der Waals surface area contributed by atoms with Gasteiger partial charge in [-0.2, -0.15) is 4.31 Å². The fourth-order valence-electron chi connectivity index (χ4n) is 2.85. The number of sulfonamides is 1. The summed E-state index contributed by atoms with van der Waals surface area (Å²) in [5, 5.41) is 0. The van der Waals surface area contributed by atoms with Gasteiger partial charge in [-0.05, 0) is 38.0 Å². The van der Waals surface area contributed by atoms with Gasteiger partial charge in [0.2, 0.25) is 10.0 Å². The topological polar surface area (TPSA) is 63.2 Å². The van der Waals surface area contributed by atoms with E-state index < -0.39 is 10.0 Å². The van der Waals surface area contributed by atoms with Gasteiger partial charge in [0.15, 0.2) is 0 Å². The number of hydrogen-bond acceptors (Lipinski definition) is 4. The van der Waals surface area contributed by atoms with Crippen molar-refractivity contribution < 1.29 is 8.42 Å². The van der Waals surface area contributed by atoms with Crippen LogP contribution in [0.25, 0.3) is 0 Å². The van der Waals surface area contributed by atoms with Gasteiger partial charge in [0.1, 0.15) is 5.82 Å². The molecule has 5 nitrogen and oxygen atoms in total. The molecule has 2 heterocycles. The highest BCUT2D eigenvalue weighted by atomic mass is 32.2. The molecule has 6 heteroatoms. The van der Waals surface area contributed by atoms with Gasteiger partial charge in [0.25, 0.3) is 0 Å². The smallest absolute Gasteiger partial charge is 0.242 e. The molecule has 0 saturated carbocycles. The lowest BCUT2D eigenvalue weighted by molar-refractivity contribution is 0.312. The summed E-state index contributed by atoms with van der Waals surface area (Å²) in [5.74, 6) is 0.856. The summed E-state index contributed by atoms with van der Waals surface area (Å²) in [6, 6.07) is 10.5. The zero-order chi connectivity index (χ0) is 15.6. The zero-order valence-electron chi connectivity index (χ0n) is 12.5. The molecule has 0 radical (unpaired) electrons. The van der Waals surface area contributed by atoms with Crippen LogP contribution in [0.3, 0.4) is 0 Å². The van der Waals surface area contributed by atoms with E-state index >= 15 is 0 Å². The van der Waals surface area contributed by atoms with Gasteiger partial charge in [-0.1, -0.05) is 18.2 Å². The Kier molecular flexibility index (Phi) is 4.22. The molecule has 0 N–H and O–H groups in total. The minimum atomic E-state index is -3.42. The van der Waals surface area contributed by atoms with Gasteiger partial charge in [-0.25, -0.2) is 18.4 Å². The number of benzene rings is 1. The van der Waals surface area contributed by atoms with E-state index in [2.05, 4.69) is 9.97 Å². The van der Waals surface area contributed by atoms with Gasteiger partial charge >= 0.3 is 0 Å². The van der Waals surface area contributed by atoms with Crippen LogP contribution in [-0.2, 0) is 10.0 Å². The van der Waals surface area contributed by atoms with Crippen molar-refractivity contribution in [3.05, 3.63) is 54.1 Å². The summed E-state index contributed by atoms with van der Waals surface area (Å²) >= 11 is 0. The third-order valence-electron chi connectivity index (χ3n) is 3.98. The Labute approximate surface area is 131 Å². The monoisotopic (exact) mass is 317 g/mol.